The maximum absolute atomic E-state index is 11.2. The van der Waals surface area contributed by atoms with Crippen molar-refractivity contribution in [3.8, 4) is 45.5 Å². The molecule has 8 aromatic carbocycles. The van der Waals surface area contributed by atoms with Gasteiger partial charge in [0.15, 0.2) is 0 Å². The van der Waals surface area contributed by atoms with Gasteiger partial charge in [0.1, 0.15) is 12.1 Å². The molecule has 254 valence electrons. The van der Waals surface area contributed by atoms with Crippen LogP contribution >= 0.6 is 0 Å². The minimum Gasteiger partial charge on any atom is -0.310 e. The summed E-state index contributed by atoms with van der Waals surface area (Å²) in [4.78, 5) is 4.58. The monoisotopic (exact) mass is 698 g/mol. The smallest absolute Gasteiger partial charge is 0.252 e. The van der Waals surface area contributed by atoms with Crippen LogP contribution in [0.2, 0.25) is 0 Å². The van der Waals surface area contributed by atoms with Crippen LogP contribution in [0.15, 0.2) is 188 Å². The molecule has 0 spiro atoms. The molecule has 0 bridgehead atoms. The molecular formula is C50H31BN4. The van der Waals surface area contributed by atoms with E-state index in [9.17, 15) is 10.5 Å². The molecule has 5 heteroatoms. The average molecular weight is 699 g/mol. The Morgan fingerprint density at radius 2 is 0.745 bits per heavy atom. The van der Waals surface area contributed by atoms with Crippen LogP contribution in [-0.4, -0.2) is 6.71 Å². The lowest BCUT2D eigenvalue weighted by molar-refractivity contribution is 1.24. The van der Waals surface area contributed by atoms with Crippen LogP contribution in [-0.2, 0) is 0 Å². The van der Waals surface area contributed by atoms with E-state index in [4.69, 9.17) is 0 Å². The van der Waals surface area contributed by atoms with Gasteiger partial charge in [-0.25, -0.2) is 0 Å². The minimum absolute atomic E-state index is 0.270. The number of rotatable bonds is 5. The van der Waals surface area contributed by atoms with Gasteiger partial charge in [0, 0.05) is 33.9 Å². The first-order valence-electron chi connectivity index (χ1n) is 18.4. The van der Waals surface area contributed by atoms with E-state index in [1.54, 1.807) is 0 Å². The van der Waals surface area contributed by atoms with Crippen molar-refractivity contribution in [2.45, 2.75) is 0 Å². The highest BCUT2D eigenvalue weighted by atomic mass is 15.2. The lowest BCUT2D eigenvalue weighted by Crippen LogP contribution is -2.61. The molecular weight excluding hydrogens is 667 g/mol. The zero-order chi connectivity index (χ0) is 36.9. The average Bonchev–Trinajstić information content (AvgIpc) is 3.26. The molecule has 0 N–H and O–H groups in total. The SMILES string of the molecule is N#Cc1c(-c2ccccc2)ccc2c1N(c1ccccc1)c1cc(-c3ccccc3)cc3c1B2c1ccc(-c2ccccc2)c(C#N)c1N3c1ccccc1. The number of nitrogens with zero attached hydrogens (tertiary/aromatic N) is 4. The lowest BCUT2D eigenvalue weighted by Gasteiger charge is -2.45. The second kappa shape index (κ2) is 13.1. The van der Waals surface area contributed by atoms with E-state index in [2.05, 4.69) is 155 Å². The predicted molar refractivity (Wildman–Crippen MR) is 226 cm³/mol. The van der Waals surface area contributed by atoms with Gasteiger partial charge in [-0.2, -0.15) is 10.5 Å². The number of benzene rings is 8. The van der Waals surface area contributed by atoms with Gasteiger partial charge in [-0.3, -0.25) is 0 Å². The fraction of sp³-hybridized carbons (Fsp3) is 0. The number of hydrogen-bond donors (Lipinski definition) is 0. The van der Waals surface area contributed by atoms with Crippen molar-refractivity contribution in [3.63, 3.8) is 0 Å². The molecule has 0 fully saturated rings. The number of fused-ring (bicyclic) bond motifs is 4. The Balaban J connectivity index is 1.38. The van der Waals surface area contributed by atoms with Gasteiger partial charge in [-0.15, -0.1) is 0 Å². The van der Waals surface area contributed by atoms with E-state index in [1.165, 1.54) is 0 Å². The second-order valence-electron chi connectivity index (χ2n) is 13.9. The summed E-state index contributed by atoms with van der Waals surface area (Å²) in [6.07, 6.45) is 0. The van der Waals surface area contributed by atoms with Gasteiger partial charge in [0.05, 0.1) is 22.5 Å². The molecule has 0 amide bonds. The molecule has 0 radical (unpaired) electrons. The number of anilines is 6. The fourth-order valence-electron chi connectivity index (χ4n) is 8.60. The van der Waals surface area contributed by atoms with Crippen LogP contribution in [0.25, 0.3) is 33.4 Å². The zero-order valence-corrected chi connectivity index (χ0v) is 29.8. The molecule has 0 atom stereocenters. The second-order valence-corrected chi connectivity index (χ2v) is 13.9. The van der Waals surface area contributed by atoms with Crippen molar-refractivity contribution in [3.05, 3.63) is 199 Å². The first-order chi connectivity index (χ1) is 27.2. The molecule has 10 rings (SSSR count). The molecule has 0 aromatic heterocycles. The van der Waals surface area contributed by atoms with Gasteiger partial charge in [0.2, 0.25) is 0 Å². The van der Waals surface area contributed by atoms with Crippen LogP contribution in [0.4, 0.5) is 34.1 Å². The van der Waals surface area contributed by atoms with Crippen LogP contribution in [0.3, 0.4) is 0 Å². The Morgan fingerprint density at radius 1 is 0.382 bits per heavy atom. The largest absolute Gasteiger partial charge is 0.310 e. The first kappa shape index (κ1) is 32.1. The minimum atomic E-state index is -0.270. The summed E-state index contributed by atoms with van der Waals surface area (Å²) < 4.78 is 0. The quantitative estimate of drug-likeness (QED) is 0.168. The van der Waals surface area contributed by atoms with Gasteiger partial charge in [0.25, 0.3) is 6.71 Å². The van der Waals surface area contributed by atoms with Crippen LogP contribution in [0.1, 0.15) is 11.1 Å². The number of nitriles is 2. The highest BCUT2D eigenvalue weighted by molar-refractivity contribution is 7.00. The molecule has 2 heterocycles. The third-order valence-corrected chi connectivity index (χ3v) is 10.9. The highest BCUT2D eigenvalue weighted by Crippen LogP contribution is 2.49. The summed E-state index contributed by atoms with van der Waals surface area (Å²) in [5.74, 6) is 0. The zero-order valence-electron chi connectivity index (χ0n) is 29.8. The van der Waals surface area contributed by atoms with E-state index in [0.717, 1.165) is 83.9 Å². The summed E-state index contributed by atoms with van der Waals surface area (Å²) in [5.41, 5.74) is 15.9. The Kier molecular flexibility index (Phi) is 7.65. The molecule has 2 aliphatic rings. The first-order valence-corrected chi connectivity index (χ1v) is 18.4. The van der Waals surface area contributed by atoms with E-state index in [1.807, 2.05) is 54.6 Å². The molecule has 55 heavy (non-hydrogen) atoms. The van der Waals surface area contributed by atoms with Crippen LogP contribution < -0.4 is 26.2 Å². The highest BCUT2D eigenvalue weighted by Gasteiger charge is 2.46. The van der Waals surface area contributed by atoms with Crippen LogP contribution in [0.5, 0.6) is 0 Å². The molecule has 8 aromatic rings. The van der Waals surface area contributed by atoms with Crippen molar-refractivity contribution < 1.29 is 0 Å². The van der Waals surface area contributed by atoms with Crippen molar-refractivity contribution in [1.82, 2.24) is 0 Å². The van der Waals surface area contributed by atoms with Gasteiger partial charge in [-0.1, -0.05) is 152 Å². The molecule has 2 aliphatic heterocycles. The summed E-state index contributed by atoms with van der Waals surface area (Å²) in [6.45, 7) is -0.270. The fourth-order valence-corrected chi connectivity index (χ4v) is 8.60. The van der Waals surface area contributed by atoms with Crippen molar-refractivity contribution >= 4 is 57.2 Å². The van der Waals surface area contributed by atoms with Gasteiger partial charge < -0.3 is 9.80 Å². The Labute approximate surface area is 321 Å². The van der Waals surface area contributed by atoms with Crippen LogP contribution in [0, 0.1) is 22.7 Å². The normalized spacial score (nSPS) is 12.2. The molecule has 0 aliphatic carbocycles. The van der Waals surface area contributed by atoms with Crippen molar-refractivity contribution in [2.24, 2.45) is 0 Å². The summed E-state index contributed by atoms with van der Waals surface area (Å²) >= 11 is 0. The Morgan fingerprint density at radius 3 is 1.13 bits per heavy atom. The molecule has 0 saturated carbocycles. The standard InChI is InChI=1S/C50H31BN4/c52-32-42-40(35-18-8-2-9-19-35)26-28-44-49(42)54(38-22-12-4-13-23-38)46-30-37(34-16-6-1-7-17-34)31-47-48(46)51(44)45-29-27-41(36-20-10-3-11-21-36)43(33-53)50(45)55(47)39-24-14-5-15-25-39/h1-31H. The topological polar surface area (TPSA) is 54.1 Å². The van der Waals surface area contributed by atoms with E-state index in [0.29, 0.717) is 11.1 Å². The van der Waals surface area contributed by atoms with Gasteiger partial charge >= 0.3 is 0 Å². The molecule has 4 nitrogen and oxygen atoms in total. The summed E-state index contributed by atoms with van der Waals surface area (Å²) in [5, 5.41) is 22.4. The van der Waals surface area contributed by atoms with E-state index >= 15 is 0 Å². The van der Waals surface area contributed by atoms with Gasteiger partial charge in [-0.05, 0) is 75.0 Å². The molecule has 0 unspecified atom stereocenters. The third kappa shape index (κ3) is 5.07. The number of para-hydroxylation sites is 2. The maximum atomic E-state index is 11.2. The molecule has 0 saturated heterocycles. The Bertz CT molecular complexity index is 2650. The summed E-state index contributed by atoms with van der Waals surface area (Å²) in [6, 6.07) is 70.1. The maximum Gasteiger partial charge on any atom is 0.252 e. The number of hydrogen-bond acceptors (Lipinski definition) is 4. The Hall–Kier alpha value is -7.60. The van der Waals surface area contributed by atoms with E-state index in [-0.39, 0.29) is 6.71 Å². The van der Waals surface area contributed by atoms with Crippen molar-refractivity contribution in [2.75, 3.05) is 9.80 Å². The van der Waals surface area contributed by atoms with Crippen molar-refractivity contribution in [1.29, 1.82) is 10.5 Å². The summed E-state index contributed by atoms with van der Waals surface area (Å²) in [7, 11) is 0. The predicted octanol–water partition coefficient (Wildman–Crippen LogP) is 10.5. The van der Waals surface area contributed by atoms with E-state index < -0.39 is 0 Å². The lowest BCUT2D eigenvalue weighted by atomic mass is 9.33. The third-order valence-electron chi connectivity index (χ3n) is 10.9.